The molecule has 0 bridgehead atoms. The maximum Gasteiger partial charge on any atom is 0.266 e. The fourth-order valence-corrected chi connectivity index (χ4v) is 4.86. The van der Waals surface area contributed by atoms with Crippen molar-refractivity contribution >= 4 is 5.69 Å². The number of allylic oxidation sites excluding steroid dienone is 7. The van der Waals surface area contributed by atoms with Crippen molar-refractivity contribution in [1.29, 1.82) is 0 Å². The molecule has 0 unspecified atom stereocenters. The molecule has 0 spiro atoms. The highest BCUT2D eigenvalue weighted by Crippen LogP contribution is 2.32. The highest BCUT2D eigenvalue weighted by atomic mass is 19.3. The van der Waals surface area contributed by atoms with Gasteiger partial charge in [-0.2, -0.15) is 0 Å². The van der Waals surface area contributed by atoms with E-state index >= 15 is 0 Å². The number of nitrogens with zero attached hydrogens (tertiary/aromatic N) is 1. The zero-order valence-corrected chi connectivity index (χ0v) is 27.4. The molecule has 0 saturated carbocycles. The van der Waals surface area contributed by atoms with E-state index < -0.39 is 5.92 Å². The van der Waals surface area contributed by atoms with Crippen LogP contribution in [0.25, 0.3) is 0 Å². The normalized spacial score (nSPS) is 13.1. The van der Waals surface area contributed by atoms with Crippen molar-refractivity contribution in [2.45, 2.75) is 106 Å². The summed E-state index contributed by atoms with van der Waals surface area (Å²) in [4.78, 5) is 2.30. The first-order valence-electron chi connectivity index (χ1n) is 15.9. The smallest absolute Gasteiger partial charge is 0.266 e. The second kappa shape index (κ2) is 20.6. The lowest BCUT2D eigenvalue weighted by molar-refractivity contribution is 0.0593. The van der Waals surface area contributed by atoms with Crippen LogP contribution in [-0.4, -0.2) is 12.5 Å². The largest absolute Gasteiger partial charge is 0.348 e. The van der Waals surface area contributed by atoms with Gasteiger partial charge in [0.1, 0.15) is 0 Å². The lowest BCUT2D eigenvalue weighted by atomic mass is 9.93. The maximum absolute atomic E-state index is 13.7. The molecule has 0 saturated heterocycles. The number of benzene rings is 2. The van der Waals surface area contributed by atoms with E-state index in [9.17, 15) is 8.78 Å². The zero-order chi connectivity index (χ0) is 31.4. The molecule has 0 aliphatic heterocycles. The number of halogens is 2. The molecule has 1 aliphatic rings. The number of unbranched alkanes of at least 4 members (excludes halogenated alkanes) is 1. The fraction of sp³-hybridized carbons (Fsp3) is 0.436. The molecule has 2 aromatic carbocycles. The monoisotopic (exact) mass is 575 g/mol. The van der Waals surface area contributed by atoms with Gasteiger partial charge in [0.2, 0.25) is 0 Å². The van der Waals surface area contributed by atoms with Crippen LogP contribution in [0.1, 0.15) is 102 Å². The number of hydrogen-bond acceptors (Lipinski definition) is 1. The van der Waals surface area contributed by atoms with E-state index in [1.54, 1.807) is 6.08 Å². The Morgan fingerprint density at radius 3 is 2.21 bits per heavy atom. The third-order valence-corrected chi connectivity index (χ3v) is 7.17. The van der Waals surface area contributed by atoms with E-state index in [1.807, 2.05) is 46.8 Å². The van der Waals surface area contributed by atoms with E-state index in [-0.39, 0.29) is 5.57 Å². The van der Waals surface area contributed by atoms with Gasteiger partial charge in [0, 0.05) is 25.4 Å². The highest BCUT2D eigenvalue weighted by Gasteiger charge is 2.28. The molecule has 0 heterocycles. The Hall–Kier alpha value is -3.20. The van der Waals surface area contributed by atoms with Crippen molar-refractivity contribution in [3.63, 3.8) is 0 Å². The van der Waals surface area contributed by atoms with E-state index in [0.29, 0.717) is 12.8 Å². The van der Waals surface area contributed by atoms with Crippen LogP contribution < -0.4 is 4.90 Å². The zero-order valence-electron chi connectivity index (χ0n) is 27.4. The van der Waals surface area contributed by atoms with E-state index in [2.05, 4.69) is 85.3 Å². The van der Waals surface area contributed by atoms with Crippen LogP contribution in [0.2, 0.25) is 0 Å². The van der Waals surface area contributed by atoms with Gasteiger partial charge in [0.05, 0.1) is 0 Å². The Bertz CT molecular complexity index is 1180. The molecule has 0 N–H and O–H groups in total. The lowest BCUT2D eigenvalue weighted by Gasteiger charge is -2.24. The number of aryl methyl sites for hydroxylation is 2. The van der Waals surface area contributed by atoms with Crippen LogP contribution in [-0.2, 0) is 12.8 Å². The van der Waals surface area contributed by atoms with Gasteiger partial charge in [-0.15, -0.1) is 6.58 Å². The van der Waals surface area contributed by atoms with E-state index in [1.165, 1.54) is 27.8 Å². The molecule has 0 radical (unpaired) electrons. The Kier molecular flexibility index (Phi) is 18.1. The molecule has 0 amide bonds. The number of alkyl halides is 2. The van der Waals surface area contributed by atoms with Crippen molar-refractivity contribution in [2.24, 2.45) is 0 Å². The summed E-state index contributed by atoms with van der Waals surface area (Å²) >= 11 is 0. The SMILES string of the molecule is C=CCCc1ccc(Cc2cccc(N(/C=C/CC/C=C\C)CCC3=CC=C(C(C)(F)F)CC3)c2)cc1C.CC.CC. The van der Waals surface area contributed by atoms with E-state index in [4.69, 9.17) is 0 Å². The highest BCUT2D eigenvalue weighted by molar-refractivity contribution is 5.52. The molecule has 2 aromatic rings. The molecular formula is C39H55F2N. The van der Waals surface area contributed by atoms with Gasteiger partial charge in [-0.1, -0.05) is 100 Å². The summed E-state index contributed by atoms with van der Waals surface area (Å²) in [5, 5.41) is 0. The van der Waals surface area contributed by atoms with Crippen molar-refractivity contribution in [2.75, 3.05) is 11.4 Å². The van der Waals surface area contributed by atoms with Crippen LogP contribution >= 0.6 is 0 Å². The van der Waals surface area contributed by atoms with Crippen LogP contribution in [0, 0.1) is 6.92 Å². The Balaban J connectivity index is 0.00000211. The molecule has 0 aromatic heterocycles. The maximum atomic E-state index is 13.7. The lowest BCUT2D eigenvalue weighted by Crippen LogP contribution is -2.19. The minimum Gasteiger partial charge on any atom is -0.348 e. The summed E-state index contributed by atoms with van der Waals surface area (Å²) in [5.41, 5.74) is 7.95. The van der Waals surface area contributed by atoms with Crippen molar-refractivity contribution in [3.05, 3.63) is 125 Å². The Morgan fingerprint density at radius 2 is 1.60 bits per heavy atom. The third kappa shape index (κ3) is 13.2. The summed E-state index contributed by atoms with van der Waals surface area (Å²) in [5.74, 6) is -2.73. The minimum absolute atomic E-state index is 0.235. The van der Waals surface area contributed by atoms with Gasteiger partial charge in [-0.25, -0.2) is 8.78 Å². The van der Waals surface area contributed by atoms with Crippen LogP contribution in [0.3, 0.4) is 0 Å². The summed E-state index contributed by atoms with van der Waals surface area (Å²) in [6.45, 7) is 17.9. The Morgan fingerprint density at radius 1 is 0.881 bits per heavy atom. The van der Waals surface area contributed by atoms with Gasteiger partial charge in [-0.3, -0.25) is 0 Å². The summed E-state index contributed by atoms with van der Waals surface area (Å²) in [6, 6.07) is 15.6. The predicted octanol–water partition coefficient (Wildman–Crippen LogP) is 12.1. The summed E-state index contributed by atoms with van der Waals surface area (Å²) in [7, 11) is 0. The first kappa shape index (κ1) is 36.8. The standard InChI is InChI=1S/C35H43F2N.2C2H6/c1-5-7-9-10-11-23-38(24-22-29-17-20-33(21-18-29)35(4,36)37)34-15-12-13-30(27-34)26-31-16-19-32(14-8-6-2)28(3)25-31;2*1-2/h5-7,11-13,15-17,19-20,23,25,27H,2,8-10,14,18,21-22,24,26H2,1,3-4H3;2*1-2H3/b7-5-,23-11+;;. The van der Waals surface area contributed by atoms with Crippen molar-refractivity contribution in [3.8, 4) is 0 Å². The molecule has 0 fully saturated rings. The molecule has 1 nitrogen and oxygen atoms in total. The Labute approximate surface area is 256 Å². The van der Waals surface area contributed by atoms with Gasteiger partial charge >= 0.3 is 0 Å². The fourth-order valence-electron chi connectivity index (χ4n) is 4.86. The molecule has 42 heavy (non-hydrogen) atoms. The number of anilines is 1. The van der Waals surface area contributed by atoms with Gasteiger partial charge in [0.25, 0.3) is 5.92 Å². The first-order valence-corrected chi connectivity index (χ1v) is 15.9. The first-order chi connectivity index (χ1) is 20.3. The van der Waals surface area contributed by atoms with Gasteiger partial charge in [-0.05, 0) is 105 Å². The van der Waals surface area contributed by atoms with Crippen molar-refractivity contribution < 1.29 is 8.78 Å². The van der Waals surface area contributed by atoms with Crippen LogP contribution in [0.4, 0.5) is 14.5 Å². The van der Waals surface area contributed by atoms with Gasteiger partial charge < -0.3 is 4.90 Å². The molecule has 0 atom stereocenters. The average molecular weight is 576 g/mol. The topological polar surface area (TPSA) is 3.24 Å². The number of hydrogen-bond donors (Lipinski definition) is 0. The quantitative estimate of drug-likeness (QED) is 0.160. The van der Waals surface area contributed by atoms with Crippen LogP contribution in [0.5, 0.6) is 0 Å². The molecule has 3 heteroatoms. The minimum atomic E-state index is -2.73. The second-order valence-electron chi connectivity index (χ2n) is 10.3. The number of rotatable bonds is 14. The average Bonchev–Trinajstić information content (AvgIpc) is 3.00. The predicted molar refractivity (Wildman–Crippen MR) is 183 cm³/mol. The molecule has 1 aliphatic carbocycles. The second-order valence-corrected chi connectivity index (χ2v) is 10.3. The van der Waals surface area contributed by atoms with Crippen LogP contribution in [0.15, 0.2) is 103 Å². The third-order valence-electron chi connectivity index (χ3n) is 7.17. The molecule has 3 rings (SSSR count). The van der Waals surface area contributed by atoms with Gasteiger partial charge in [0.15, 0.2) is 0 Å². The molecular weight excluding hydrogens is 520 g/mol. The van der Waals surface area contributed by atoms with Crippen molar-refractivity contribution in [1.82, 2.24) is 0 Å². The summed E-state index contributed by atoms with van der Waals surface area (Å²) in [6.07, 6.45) is 21.1. The van der Waals surface area contributed by atoms with E-state index in [0.717, 1.165) is 57.7 Å². The molecule has 230 valence electrons. The summed E-state index contributed by atoms with van der Waals surface area (Å²) < 4.78 is 27.3.